The monoisotopic (exact) mass is 880 g/mol. The summed E-state index contributed by atoms with van der Waals surface area (Å²) in [4.78, 5) is 2.38. The lowest BCUT2D eigenvalue weighted by Gasteiger charge is -2.28. The molecule has 0 atom stereocenters. The minimum atomic E-state index is 0.901. The van der Waals surface area contributed by atoms with Gasteiger partial charge in [0.25, 0.3) is 0 Å². The van der Waals surface area contributed by atoms with Gasteiger partial charge in [-0.25, -0.2) is 0 Å². The Bertz CT molecular complexity index is 3920. The van der Waals surface area contributed by atoms with E-state index in [9.17, 15) is 0 Å². The van der Waals surface area contributed by atoms with Crippen LogP contribution in [-0.2, 0) is 0 Å². The SMILES string of the molecule is c1ccc(-c2ccc(N(c3ccc(-c4ccc(-c5cccc(-n6c7ccccc7c7ccccc76)c5)cc4)cc3)c3ccccc3-c3ccc(-c4ccc5c(c4)oc4ccccc45)cc3)cc2)cc1. The Hall–Kier alpha value is -9.18. The van der Waals surface area contributed by atoms with Crippen molar-refractivity contribution in [2.75, 3.05) is 4.90 Å². The zero-order valence-electron chi connectivity index (χ0n) is 37.7. The highest BCUT2D eigenvalue weighted by Gasteiger charge is 2.19. The van der Waals surface area contributed by atoms with Crippen molar-refractivity contribution in [3.8, 4) is 61.3 Å². The molecule has 0 bridgehead atoms. The third kappa shape index (κ3) is 7.25. The summed E-state index contributed by atoms with van der Waals surface area (Å²) < 4.78 is 8.63. The molecule has 11 aromatic carbocycles. The molecule has 0 aliphatic carbocycles. The van der Waals surface area contributed by atoms with Crippen LogP contribution in [0.4, 0.5) is 17.1 Å². The summed E-state index contributed by atoms with van der Waals surface area (Å²) in [7, 11) is 0. The highest BCUT2D eigenvalue weighted by Crippen LogP contribution is 2.43. The molecule has 3 heteroatoms. The lowest BCUT2D eigenvalue weighted by Crippen LogP contribution is -2.11. The third-order valence-electron chi connectivity index (χ3n) is 13.6. The van der Waals surface area contributed by atoms with Crippen LogP contribution in [0.2, 0.25) is 0 Å². The van der Waals surface area contributed by atoms with Crippen LogP contribution < -0.4 is 4.90 Å². The van der Waals surface area contributed by atoms with Crippen molar-refractivity contribution in [1.29, 1.82) is 0 Å². The molecule has 0 spiro atoms. The molecule has 69 heavy (non-hydrogen) atoms. The van der Waals surface area contributed by atoms with E-state index in [0.29, 0.717) is 0 Å². The van der Waals surface area contributed by atoms with E-state index in [-0.39, 0.29) is 0 Å². The van der Waals surface area contributed by atoms with Gasteiger partial charge in [0, 0.05) is 44.2 Å². The molecule has 2 aromatic heterocycles. The summed E-state index contributed by atoms with van der Waals surface area (Å²) in [5, 5.41) is 4.81. The van der Waals surface area contributed by atoms with E-state index < -0.39 is 0 Å². The number of benzene rings is 11. The average Bonchev–Trinajstić information content (AvgIpc) is 3.97. The Morgan fingerprint density at radius 3 is 1.35 bits per heavy atom. The zero-order valence-corrected chi connectivity index (χ0v) is 37.7. The fraction of sp³-hybridized carbons (Fsp3) is 0. The van der Waals surface area contributed by atoms with Crippen LogP contribution >= 0.6 is 0 Å². The first kappa shape index (κ1) is 40.1. The first-order chi connectivity index (χ1) is 34.2. The zero-order chi connectivity index (χ0) is 45.7. The van der Waals surface area contributed by atoms with Crippen LogP contribution in [-0.4, -0.2) is 4.57 Å². The molecule has 324 valence electrons. The minimum absolute atomic E-state index is 0.901. The molecule has 3 nitrogen and oxygen atoms in total. The Kier molecular flexibility index (Phi) is 9.84. The van der Waals surface area contributed by atoms with E-state index in [0.717, 1.165) is 72.5 Å². The highest BCUT2D eigenvalue weighted by molar-refractivity contribution is 6.09. The van der Waals surface area contributed by atoms with Crippen LogP contribution in [0.25, 0.3) is 105 Å². The van der Waals surface area contributed by atoms with Crippen LogP contribution in [0, 0.1) is 0 Å². The number of fused-ring (bicyclic) bond motifs is 6. The number of rotatable bonds is 9. The van der Waals surface area contributed by atoms with Crippen molar-refractivity contribution in [2.24, 2.45) is 0 Å². The number of furan rings is 1. The second-order valence-corrected chi connectivity index (χ2v) is 17.7. The molecular formula is C66H44N2O. The standard InChI is InChI=1S/C66H44N2O/c1-2-13-45(14-3-1)47-33-38-54(39-34-47)67(62-21-8-4-17-57(62)51-31-29-50(30-32-51)53-37-42-61-60-20-7-11-24-65(60)69-66(61)44-53)55-40-35-48(36-41-55)46-25-27-49(28-26-46)52-15-12-16-56(43-52)68-63-22-9-5-18-58(63)59-19-6-10-23-64(59)68/h1-44H. The highest BCUT2D eigenvalue weighted by atomic mass is 16.3. The molecule has 0 unspecified atom stereocenters. The maximum atomic E-state index is 6.25. The molecule has 0 fully saturated rings. The van der Waals surface area contributed by atoms with Crippen molar-refractivity contribution >= 4 is 60.8 Å². The predicted octanol–water partition coefficient (Wildman–Crippen LogP) is 18.5. The van der Waals surface area contributed by atoms with E-state index in [1.807, 2.05) is 12.1 Å². The van der Waals surface area contributed by atoms with Gasteiger partial charge in [0.05, 0.1) is 16.7 Å². The Balaban J connectivity index is 0.825. The molecule has 13 aromatic rings. The van der Waals surface area contributed by atoms with Gasteiger partial charge in [-0.3, -0.25) is 0 Å². The van der Waals surface area contributed by atoms with Crippen LogP contribution in [0.5, 0.6) is 0 Å². The molecule has 0 radical (unpaired) electrons. The van der Waals surface area contributed by atoms with Gasteiger partial charge in [0.2, 0.25) is 0 Å². The predicted molar refractivity (Wildman–Crippen MR) is 290 cm³/mol. The molecule has 0 saturated carbocycles. The summed E-state index contributed by atoms with van der Waals surface area (Å²) in [6.07, 6.45) is 0. The molecule has 0 saturated heterocycles. The topological polar surface area (TPSA) is 21.3 Å². The van der Waals surface area contributed by atoms with Gasteiger partial charge in [0.1, 0.15) is 11.2 Å². The fourth-order valence-electron chi connectivity index (χ4n) is 10.2. The van der Waals surface area contributed by atoms with Crippen molar-refractivity contribution in [3.63, 3.8) is 0 Å². The van der Waals surface area contributed by atoms with E-state index in [4.69, 9.17) is 4.42 Å². The summed E-state index contributed by atoms with van der Waals surface area (Å²) >= 11 is 0. The maximum Gasteiger partial charge on any atom is 0.136 e. The normalized spacial score (nSPS) is 11.5. The number of aromatic nitrogens is 1. The van der Waals surface area contributed by atoms with Crippen LogP contribution in [0.1, 0.15) is 0 Å². The minimum Gasteiger partial charge on any atom is -0.456 e. The van der Waals surface area contributed by atoms with Crippen molar-refractivity contribution in [2.45, 2.75) is 0 Å². The molecular weight excluding hydrogens is 837 g/mol. The summed E-state index contributed by atoms with van der Waals surface area (Å²) in [6, 6.07) is 96.1. The second kappa shape index (κ2) is 16.9. The van der Waals surface area contributed by atoms with E-state index in [1.165, 1.54) is 49.6 Å². The van der Waals surface area contributed by atoms with E-state index in [2.05, 4.69) is 264 Å². The van der Waals surface area contributed by atoms with Gasteiger partial charge in [0.15, 0.2) is 0 Å². The number of para-hydroxylation sites is 4. The molecule has 13 rings (SSSR count). The molecule has 0 aliphatic rings. The van der Waals surface area contributed by atoms with Crippen molar-refractivity contribution < 1.29 is 4.42 Å². The maximum absolute atomic E-state index is 6.25. The Morgan fingerprint density at radius 2 is 0.710 bits per heavy atom. The molecule has 2 heterocycles. The largest absolute Gasteiger partial charge is 0.456 e. The first-order valence-electron chi connectivity index (χ1n) is 23.6. The van der Waals surface area contributed by atoms with Gasteiger partial charge >= 0.3 is 0 Å². The number of anilines is 3. The third-order valence-corrected chi connectivity index (χ3v) is 13.6. The first-order valence-corrected chi connectivity index (χ1v) is 23.6. The number of hydrogen-bond donors (Lipinski definition) is 0. The number of nitrogens with zero attached hydrogens (tertiary/aromatic N) is 2. The quantitative estimate of drug-likeness (QED) is 0.144. The van der Waals surface area contributed by atoms with Crippen LogP contribution in [0.3, 0.4) is 0 Å². The smallest absolute Gasteiger partial charge is 0.136 e. The number of hydrogen-bond acceptors (Lipinski definition) is 2. The van der Waals surface area contributed by atoms with Crippen LogP contribution in [0.15, 0.2) is 271 Å². The van der Waals surface area contributed by atoms with Gasteiger partial charge in [-0.1, -0.05) is 194 Å². The lowest BCUT2D eigenvalue weighted by molar-refractivity contribution is 0.669. The second-order valence-electron chi connectivity index (χ2n) is 17.7. The van der Waals surface area contributed by atoms with Gasteiger partial charge in [-0.2, -0.15) is 0 Å². The van der Waals surface area contributed by atoms with E-state index in [1.54, 1.807) is 0 Å². The lowest BCUT2D eigenvalue weighted by atomic mass is 9.97. The van der Waals surface area contributed by atoms with Gasteiger partial charge in [-0.05, 0) is 123 Å². The fourth-order valence-corrected chi connectivity index (χ4v) is 10.2. The van der Waals surface area contributed by atoms with Gasteiger partial charge < -0.3 is 13.9 Å². The van der Waals surface area contributed by atoms with Crippen molar-refractivity contribution in [1.82, 2.24) is 4.57 Å². The Labute approximate surface area is 401 Å². The van der Waals surface area contributed by atoms with E-state index >= 15 is 0 Å². The molecule has 0 amide bonds. The average molecular weight is 881 g/mol. The summed E-state index contributed by atoms with van der Waals surface area (Å²) in [6.45, 7) is 0. The Morgan fingerprint density at radius 1 is 0.275 bits per heavy atom. The molecule has 0 N–H and O–H groups in total. The summed E-state index contributed by atoms with van der Waals surface area (Å²) in [5.41, 5.74) is 20.3. The van der Waals surface area contributed by atoms with Crippen molar-refractivity contribution in [3.05, 3.63) is 267 Å². The molecule has 0 aliphatic heterocycles. The summed E-state index contributed by atoms with van der Waals surface area (Å²) in [5.74, 6) is 0. The van der Waals surface area contributed by atoms with Gasteiger partial charge in [-0.15, -0.1) is 0 Å².